The molecule has 0 aliphatic heterocycles. The largest absolute Gasteiger partial charge is 0.383 e. The van der Waals surface area contributed by atoms with E-state index >= 15 is 0 Å². The Morgan fingerprint density at radius 1 is 1.60 bits per heavy atom. The van der Waals surface area contributed by atoms with Crippen molar-refractivity contribution in [2.75, 3.05) is 26.8 Å². The summed E-state index contributed by atoms with van der Waals surface area (Å²) in [6, 6.07) is 2.86. The van der Waals surface area contributed by atoms with E-state index in [1.54, 1.807) is 18.4 Å². The van der Waals surface area contributed by atoms with Crippen molar-refractivity contribution < 1.29 is 4.74 Å². The fourth-order valence-electron chi connectivity index (χ4n) is 2.63. The maximum Gasteiger partial charge on any atom is 0.107 e. The topological polar surface area (TPSA) is 38.5 Å². The van der Waals surface area contributed by atoms with Crippen molar-refractivity contribution in [1.82, 2.24) is 4.90 Å². The van der Waals surface area contributed by atoms with E-state index in [0.717, 1.165) is 27.9 Å². The number of nitrogens with zero attached hydrogens (tertiary/aromatic N) is 1. The number of thiophene rings is 1. The van der Waals surface area contributed by atoms with Crippen LogP contribution in [0, 0.1) is 5.92 Å². The molecular formula is C14H22BrClN2OS. The van der Waals surface area contributed by atoms with Gasteiger partial charge >= 0.3 is 0 Å². The Hall–Kier alpha value is 0.350. The van der Waals surface area contributed by atoms with Gasteiger partial charge in [0.25, 0.3) is 0 Å². The monoisotopic (exact) mass is 380 g/mol. The summed E-state index contributed by atoms with van der Waals surface area (Å²) >= 11 is 11.3. The second-order valence-electron chi connectivity index (χ2n) is 5.33. The normalized spacial score (nSPS) is 18.5. The molecule has 2 N–H and O–H groups in total. The van der Waals surface area contributed by atoms with Crippen LogP contribution in [0.15, 0.2) is 10.5 Å². The van der Waals surface area contributed by atoms with E-state index in [1.807, 2.05) is 0 Å². The zero-order valence-corrected chi connectivity index (χ0v) is 15.1. The molecule has 2 rings (SSSR count). The van der Waals surface area contributed by atoms with Gasteiger partial charge in [-0.25, -0.2) is 0 Å². The number of nitrogens with two attached hydrogens (primary N) is 1. The summed E-state index contributed by atoms with van der Waals surface area (Å²) in [5.74, 6) is 0.805. The lowest BCUT2D eigenvalue weighted by Gasteiger charge is -2.35. The van der Waals surface area contributed by atoms with Crippen LogP contribution in [0.2, 0.25) is 4.34 Å². The summed E-state index contributed by atoms with van der Waals surface area (Å²) in [4.78, 5) is 3.71. The molecule has 3 nitrogen and oxygen atoms in total. The third kappa shape index (κ3) is 3.96. The highest BCUT2D eigenvalue weighted by atomic mass is 79.9. The third-order valence-electron chi connectivity index (χ3n) is 4.00. The number of halogens is 2. The third-order valence-corrected chi connectivity index (χ3v) is 6.57. The molecule has 0 spiro atoms. The molecule has 0 saturated heterocycles. The molecule has 1 aromatic rings. The van der Waals surface area contributed by atoms with Gasteiger partial charge in [-0.2, -0.15) is 0 Å². The first kappa shape index (κ1) is 16.7. The van der Waals surface area contributed by atoms with Gasteiger partial charge in [-0.1, -0.05) is 11.6 Å². The van der Waals surface area contributed by atoms with Gasteiger partial charge in [0.15, 0.2) is 0 Å². The summed E-state index contributed by atoms with van der Waals surface area (Å²) < 4.78 is 7.02. The van der Waals surface area contributed by atoms with Crippen LogP contribution >= 0.6 is 38.9 Å². The van der Waals surface area contributed by atoms with E-state index in [2.05, 4.69) is 33.8 Å². The van der Waals surface area contributed by atoms with Crippen molar-refractivity contribution in [3.63, 3.8) is 0 Å². The van der Waals surface area contributed by atoms with E-state index in [4.69, 9.17) is 22.1 Å². The summed E-state index contributed by atoms with van der Waals surface area (Å²) in [6.45, 7) is 4.54. The second kappa shape index (κ2) is 7.56. The molecule has 1 fully saturated rings. The van der Waals surface area contributed by atoms with Crippen LogP contribution in [-0.4, -0.2) is 37.7 Å². The zero-order chi connectivity index (χ0) is 14.7. The van der Waals surface area contributed by atoms with Gasteiger partial charge in [0.1, 0.15) is 4.34 Å². The molecule has 114 valence electrons. The molecule has 20 heavy (non-hydrogen) atoms. The fraction of sp³-hybridized carbons (Fsp3) is 0.714. The highest BCUT2D eigenvalue weighted by Crippen LogP contribution is 2.41. The average molecular weight is 382 g/mol. The smallest absolute Gasteiger partial charge is 0.107 e. The lowest BCUT2D eigenvalue weighted by molar-refractivity contribution is 0.0847. The molecule has 2 unspecified atom stereocenters. The van der Waals surface area contributed by atoms with Gasteiger partial charge in [0.05, 0.1) is 12.6 Å². The van der Waals surface area contributed by atoms with Gasteiger partial charge < -0.3 is 10.5 Å². The lowest BCUT2D eigenvalue weighted by atomic mass is 10.1. The molecule has 6 heteroatoms. The van der Waals surface area contributed by atoms with Crippen molar-refractivity contribution in [3.05, 3.63) is 19.8 Å². The Balaban J connectivity index is 2.18. The van der Waals surface area contributed by atoms with Crippen molar-refractivity contribution in [2.24, 2.45) is 11.7 Å². The highest BCUT2D eigenvalue weighted by Gasteiger charge is 2.35. The molecule has 0 radical (unpaired) electrons. The number of rotatable bonds is 8. The van der Waals surface area contributed by atoms with E-state index in [1.165, 1.54) is 17.7 Å². The lowest BCUT2D eigenvalue weighted by Crippen LogP contribution is -2.42. The van der Waals surface area contributed by atoms with Crippen molar-refractivity contribution in [2.45, 2.75) is 31.8 Å². The first-order chi connectivity index (χ1) is 9.58. The van der Waals surface area contributed by atoms with E-state index in [9.17, 15) is 0 Å². The predicted molar refractivity (Wildman–Crippen MR) is 89.6 cm³/mol. The van der Waals surface area contributed by atoms with Crippen LogP contribution in [0.4, 0.5) is 0 Å². The molecule has 1 aliphatic rings. The van der Waals surface area contributed by atoms with Crippen LogP contribution in [0.1, 0.15) is 30.7 Å². The summed E-state index contributed by atoms with van der Waals surface area (Å²) in [5, 5.41) is 0. The Bertz CT molecular complexity index is 419. The number of ether oxygens (including phenoxy) is 1. The molecular weight excluding hydrogens is 360 g/mol. The van der Waals surface area contributed by atoms with Crippen LogP contribution in [0.25, 0.3) is 0 Å². The molecule has 1 aliphatic carbocycles. The van der Waals surface area contributed by atoms with Crippen molar-refractivity contribution >= 4 is 38.9 Å². The zero-order valence-electron chi connectivity index (χ0n) is 11.9. The number of hydrogen-bond acceptors (Lipinski definition) is 4. The Kier molecular flexibility index (Phi) is 6.32. The predicted octanol–water partition coefficient (Wildman–Crippen LogP) is 3.91. The summed E-state index contributed by atoms with van der Waals surface area (Å²) in [6.07, 6.45) is 2.66. The molecule has 2 atom stereocenters. The van der Waals surface area contributed by atoms with Crippen LogP contribution in [-0.2, 0) is 4.74 Å². The van der Waals surface area contributed by atoms with Crippen LogP contribution < -0.4 is 5.73 Å². The van der Waals surface area contributed by atoms with E-state index in [-0.39, 0.29) is 6.04 Å². The van der Waals surface area contributed by atoms with Gasteiger partial charge in [-0.05, 0) is 47.7 Å². The minimum absolute atomic E-state index is 0.217. The van der Waals surface area contributed by atoms with Crippen LogP contribution in [0.5, 0.6) is 0 Å². The maximum absolute atomic E-state index is 6.18. The quantitative estimate of drug-likeness (QED) is 0.742. The van der Waals surface area contributed by atoms with Gasteiger partial charge in [-0.3, -0.25) is 4.90 Å². The van der Waals surface area contributed by atoms with Crippen LogP contribution in [0.3, 0.4) is 0 Å². The summed E-state index contributed by atoms with van der Waals surface area (Å²) in [5.41, 5.74) is 6.06. The minimum Gasteiger partial charge on any atom is -0.383 e. The molecule has 1 saturated carbocycles. The van der Waals surface area contributed by atoms with E-state index < -0.39 is 0 Å². The van der Waals surface area contributed by atoms with Crippen molar-refractivity contribution in [1.29, 1.82) is 0 Å². The molecule has 0 amide bonds. The number of methoxy groups -OCH3 is 1. The standard InChI is InChI=1S/C14H22BrClN2OS/c1-9(10-3-4-10)18(5-6-19-2)12(8-17)13-7-11(15)14(16)20-13/h7,9-10,12H,3-6,8,17H2,1-2H3. The first-order valence-corrected chi connectivity index (χ1v) is 8.96. The molecule has 0 aromatic carbocycles. The second-order valence-corrected chi connectivity index (χ2v) is 7.87. The SMILES string of the molecule is COCCN(C(CN)c1cc(Br)c(Cl)s1)C(C)C1CC1. The Labute approximate surface area is 138 Å². The molecule has 1 heterocycles. The van der Waals surface area contributed by atoms with Gasteiger partial charge in [0.2, 0.25) is 0 Å². The van der Waals surface area contributed by atoms with Gasteiger partial charge in [-0.15, -0.1) is 11.3 Å². The van der Waals surface area contributed by atoms with Gasteiger partial charge in [0, 0.05) is 35.6 Å². The summed E-state index contributed by atoms with van der Waals surface area (Å²) in [7, 11) is 1.75. The Morgan fingerprint density at radius 2 is 2.30 bits per heavy atom. The minimum atomic E-state index is 0.217. The fourth-order valence-corrected chi connectivity index (χ4v) is 4.50. The highest BCUT2D eigenvalue weighted by molar-refractivity contribution is 9.10. The average Bonchev–Trinajstić information content (AvgIpc) is 3.21. The first-order valence-electron chi connectivity index (χ1n) is 6.98. The van der Waals surface area contributed by atoms with E-state index in [0.29, 0.717) is 12.6 Å². The molecule has 1 aromatic heterocycles. The van der Waals surface area contributed by atoms with Crippen molar-refractivity contribution in [3.8, 4) is 0 Å². The number of hydrogen-bond donors (Lipinski definition) is 1. The molecule has 0 bridgehead atoms. The Morgan fingerprint density at radius 3 is 2.75 bits per heavy atom. The maximum atomic E-state index is 6.18.